The van der Waals surface area contributed by atoms with Crippen molar-refractivity contribution in [2.24, 2.45) is 4.99 Å². The van der Waals surface area contributed by atoms with Gasteiger partial charge < -0.3 is 15.4 Å². The van der Waals surface area contributed by atoms with Crippen molar-refractivity contribution in [1.29, 1.82) is 0 Å². The molecule has 1 aliphatic rings. The van der Waals surface area contributed by atoms with Gasteiger partial charge in [0.1, 0.15) is 0 Å². The van der Waals surface area contributed by atoms with E-state index in [0.717, 1.165) is 18.1 Å². The first kappa shape index (κ1) is 23.9. The van der Waals surface area contributed by atoms with E-state index >= 15 is 0 Å². The fourth-order valence-corrected chi connectivity index (χ4v) is 3.14. The summed E-state index contributed by atoms with van der Waals surface area (Å²) < 4.78 is 5.58. The number of pyridine rings is 1. The first-order valence-electron chi connectivity index (χ1n) is 9.72. The summed E-state index contributed by atoms with van der Waals surface area (Å²) in [5.41, 5.74) is 1.22. The summed E-state index contributed by atoms with van der Waals surface area (Å²) in [5.74, 6) is 1.48. The minimum absolute atomic E-state index is 0. The molecular formula is C20H36IN5O. The third-order valence-corrected chi connectivity index (χ3v) is 4.74. The van der Waals surface area contributed by atoms with E-state index in [1.54, 1.807) is 7.05 Å². The van der Waals surface area contributed by atoms with Gasteiger partial charge in [0.15, 0.2) is 5.96 Å². The number of aromatic nitrogens is 1. The number of aliphatic imine (C=N–C) groups is 1. The van der Waals surface area contributed by atoms with E-state index < -0.39 is 0 Å². The molecular weight excluding hydrogens is 453 g/mol. The van der Waals surface area contributed by atoms with Crippen LogP contribution in [0.25, 0.3) is 0 Å². The second-order valence-corrected chi connectivity index (χ2v) is 7.81. The number of ether oxygens (including phenoxy) is 1. The monoisotopic (exact) mass is 489 g/mol. The zero-order chi connectivity index (χ0) is 19.0. The number of piperidine rings is 1. The first-order chi connectivity index (χ1) is 12.4. The average Bonchev–Trinajstić information content (AvgIpc) is 2.63. The highest BCUT2D eigenvalue weighted by atomic mass is 127. The molecule has 0 aromatic carbocycles. The smallest absolute Gasteiger partial charge is 0.213 e. The van der Waals surface area contributed by atoms with Crippen molar-refractivity contribution in [3.8, 4) is 5.88 Å². The van der Waals surface area contributed by atoms with Crippen LogP contribution in [0, 0.1) is 0 Å². The SMILES string of the molecule is CN=C(NCc1ccc(OC(C)C)nc1)NCC(C)(C)N1CCCCC1.I. The van der Waals surface area contributed by atoms with Crippen LogP contribution in [0.15, 0.2) is 23.3 Å². The van der Waals surface area contributed by atoms with Gasteiger partial charge in [0.2, 0.25) is 5.88 Å². The van der Waals surface area contributed by atoms with Gasteiger partial charge in [-0.25, -0.2) is 4.98 Å². The van der Waals surface area contributed by atoms with Crippen LogP contribution >= 0.6 is 24.0 Å². The summed E-state index contributed by atoms with van der Waals surface area (Å²) in [6.45, 7) is 12.5. The molecule has 154 valence electrons. The number of guanidine groups is 1. The van der Waals surface area contributed by atoms with Crippen LogP contribution in [-0.2, 0) is 6.54 Å². The summed E-state index contributed by atoms with van der Waals surface area (Å²) >= 11 is 0. The second-order valence-electron chi connectivity index (χ2n) is 7.81. The number of likely N-dealkylation sites (tertiary alicyclic amines) is 1. The van der Waals surface area contributed by atoms with Crippen molar-refractivity contribution in [3.05, 3.63) is 23.9 Å². The summed E-state index contributed by atoms with van der Waals surface area (Å²) in [6, 6.07) is 3.94. The standard InChI is InChI=1S/C20H35N5O.HI/c1-16(2)26-18-10-9-17(13-22-18)14-23-19(21-5)24-15-20(3,4)25-11-7-6-8-12-25;/h9-10,13,16H,6-8,11-12,14-15H2,1-5H3,(H2,21,23,24);1H. The van der Waals surface area contributed by atoms with Crippen molar-refractivity contribution in [2.75, 3.05) is 26.7 Å². The zero-order valence-corrected chi connectivity index (χ0v) is 19.7. The van der Waals surface area contributed by atoms with E-state index in [1.165, 1.54) is 32.4 Å². The molecule has 0 amide bonds. The maximum absolute atomic E-state index is 5.58. The maximum Gasteiger partial charge on any atom is 0.213 e. The fraction of sp³-hybridized carbons (Fsp3) is 0.700. The van der Waals surface area contributed by atoms with Crippen molar-refractivity contribution >= 4 is 29.9 Å². The van der Waals surface area contributed by atoms with E-state index in [0.29, 0.717) is 12.4 Å². The van der Waals surface area contributed by atoms with Gasteiger partial charge in [0.05, 0.1) is 6.10 Å². The molecule has 0 atom stereocenters. The van der Waals surface area contributed by atoms with Gasteiger partial charge >= 0.3 is 0 Å². The molecule has 1 aliphatic heterocycles. The molecule has 2 N–H and O–H groups in total. The fourth-order valence-electron chi connectivity index (χ4n) is 3.14. The van der Waals surface area contributed by atoms with E-state index in [-0.39, 0.29) is 35.6 Å². The van der Waals surface area contributed by atoms with Crippen LogP contribution in [0.3, 0.4) is 0 Å². The molecule has 0 radical (unpaired) electrons. The van der Waals surface area contributed by atoms with Crippen LogP contribution in [0.5, 0.6) is 5.88 Å². The van der Waals surface area contributed by atoms with Gasteiger partial charge in [-0.2, -0.15) is 0 Å². The topological polar surface area (TPSA) is 61.8 Å². The Hall–Kier alpha value is -1.09. The number of nitrogens with zero attached hydrogens (tertiary/aromatic N) is 3. The lowest BCUT2D eigenvalue weighted by atomic mass is 9.98. The Morgan fingerprint density at radius 1 is 1.22 bits per heavy atom. The van der Waals surface area contributed by atoms with E-state index in [9.17, 15) is 0 Å². The molecule has 0 spiro atoms. The normalized spacial score (nSPS) is 16.0. The Morgan fingerprint density at radius 2 is 1.93 bits per heavy atom. The zero-order valence-electron chi connectivity index (χ0n) is 17.4. The Morgan fingerprint density at radius 3 is 2.48 bits per heavy atom. The minimum atomic E-state index is 0. The molecule has 1 aromatic rings. The highest BCUT2D eigenvalue weighted by Crippen LogP contribution is 2.19. The molecule has 0 unspecified atom stereocenters. The van der Waals surface area contributed by atoms with Crippen LogP contribution < -0.4 is 15.4 Å². The molecule has 1 aromatic heterocycles. The minimum Gasteiger partial charge on any atom is -0.475 e. The summed E-state index contributed by atoms with van der Waals surface area (Å²) in [4.78, 5) is 11.3. The third-order valence-electron chi connectivity index (χ3n) is 4.74. The predicted octanol–water partition coefficient (Wildman–Crippen LogP) is 3.42. The van der Waals surface area contributed by atoms with Gasteiger partial charge in [-0.15, -0.1) is 24.0 Å². The molecule has 6 nitrogen and oxygen atoms in total. The van der Waals surface area contributed by atoms with Gasteiger partial charge in [-0.3, -0.25) is 9.89 Å². The van der Waals surface area contributed by atoms with Crippen molar-refractivity contribution < 1.29 is 4.74 Å². The molecule has 1 saturated heterocycles. The lowest BCUT2D eigenvalue weighted by Gasteiger charge is -2.41. The second kappa shape index (κ2) is 11.7. The third kappa shape index (κ3) is 8.21. The van der Waals surface area contributed by atoms with Crippen molar-refractivity contribution in [2.45, 2.75) is 65.1 Å². The van der Waals surface area contributed by atoms with Crippen LogP contribution in [0.2, 0.25) is 0 Å². The molecule has 0 aliphatic carbocycles. The lowest BCUT2D eigenvalue weighted by molar-refractivity contribution is 0.0982. The molecule has 0 bridgehead atoms. The summed E-state index contributed by atoms with van der Waals surface area (Å²) in [7, 11) is 1.81. The summed E-state index contributed by atoms with van der Waals surface area (Å²) in [6.07, 6.45) is 5.95. The number of nitrogens with one attached hydrogen (secondary N) is 2. The molecule has 2 rings (SSSR count). The largest absolute Gasteiger partial charge is 0.475 e. The Balaban J connectivity index is 0.00000364. The number of hydrogen-bond acceptors (Lipinski definition) is 4. The molecule has 7 heteroatoms. The van der Waals surface area contributed by atoms with E-state index in [2.05, 4.69) is 39.4 Å². The van der Waals surface area contributed by atoms with Crippen LogP contribution in [0.4, 0.5) is 0 Å². The Labute approximate surface area is 181 Å². The van der Waals surface area contributed by atoms with Crippen LogP contribution in [-0.4, -0.2) is 54.2 Å². The predicted molar refractivity (Wildman–Crippen MR) is 123 cm³/mol. The van der Waals surface area contributed by atoms with Gasteiger partial charge in [0, 0.05) is 37.9 Å². The van der Waals surface area contributed by atoms with Gasteiger partial charge in [-0.05, 0) is 59.2 Å². The Bertz CT molecular complexity index is 568. The highest BCUT2D eigenvalue weighted by Gasteiger charge is 2.27. The van der Waals surface area contributed by atoms with Gasteiger partial charge in [-0.1, -0.05) is 12.5 Å². The number of hydrogen-bond donors (Lipinski definition) is 2. The van der Waals surface area contributed by atoms with E-state index in [4.69, 9.17) is 4.74 Å². The summed E-state index contributed by atoms with van der Waals surface area (Å²) in [5, 5.41) is 6.83. The van der Waals surface area contributed by atoms with Gasteiger partial charge in [0.25, 0.3) is 0 Å². The average molecular weight is 489 g/mol. The quantitative estimate of drug-likeness (QED) is 0.349. The highest BCUT2D eigenvalue weighted by molar-refractivity contribution is 14.0. The van der Waals surface area contributed by atoms with Crippen molar-refractivity contribution in [3.63, 3.8) is 0 Å². The lowest BCUT2D eigenvalue weighted by Crippen LogP contribution is -2.54. The molecule has 2 heterocycles. The van der Waals surface area contributed by atoms with Crippen molar-refractivity contribution in [1.82, 2.24) is 20.5 Å². The maximum atomic E-state index is 5.58. The molecule has 0 saturated carbocycles. The molecule has 27 heavy (non-hydrogen) atoms. The Kier molecular flexibility index (Phi) is 10.4. The molecule has 1 fully saturated rings. The van der Waals surface area contributed by atoms with Crippen LogP contribution in [0.1, 0.15) is 52.5 Å². The van der Waals surface area contributed by atoms with E-state index in [1.807, 2.05) is 32.2 Å². The first-order valence-corrected chi connectivity index (χ1v) is 9.72. The number of rotatable bonds is 7. The number of halogens is 1.